The standard InChI is InChI=1S/C16H14ClFO3/c1-20-15-4-2-9(6-12(15)17)16-8-13(19)11-7-10(18)3-5-14(11)21-16/h2-7,13,16,19H,8H2,1H3/t13-,16?/m1/s1. The molecule has 1 aliphatic rings. The van der Waals surface area contributed by atoms with E-state index >= 15 is 0 Å². The van der Waals surface area contributed by atoms with E-state index in [4.69, 9.17) is 21.1 Å². The highest BCUT2D eigenvalue weighted by molar-refractivity contribution is 6.32. The van der Waals surface area contributed by atoms with Gasteiger partial charge in [-0.2, -0.15) is 0 Å². The average molecular weight is 309 g/mol. The maximum absolute atomic E-state index is 13.2. The second-order valence-corrected chi connectivity index (χ2v) is 5.34. The van der Waals surface area contributed by atoms with Crippen molar-refractivity contribution in [3.8, 4) is 11.5 Å². The molecule has 1 aliphatic heterocycles. The zero-order valence-electron chi connectivity index (χ0n) is 11.3. The lowest BCUT2D eigenvalue weighted by atomic mass is 9.95. The Kier molecular flexibility index (Phi) is 3.74. The molecular formula is C16H14ClFO3. The lowest BCUT2D eigenvalue weighted by Gasteiger charge is -2.30. The van der Waals surface area contributed by atoms with Crippen LogP contribution in [0.25, 0.3) is 0 Å². The van der Waals surface area contributed by atoms with Gasteiger partial charge in [-0.15, -0.1) is 0 Å². The van der Waals surface area contributed by atoms with Gasteiger partial charge in [0.2, 0.25) is 0 Å². The molecule has 0 amide bonds. The van der Waals surface area contributed by atoms with Crippen molar-refractivity contribution >= 4 is 11.6 Å². The van der Waals surface area contributed by atoms with Gasteiger partial charge in [-0.3, -0.25) is 0 Å². The molecule has 3 rings (SSSR count). The minimum absolute atomic E-state index is 0.332. The highest BCUT2D eigenvalue weighted by atomic mass is 35.5. The lowest BCUT2D eigenvalue weighted by molar-refractivity contribution is 0.0653. The van der Waals surface area contributed by atoms with Gasteiger partial charge in [0.25, 0.3) is 0 Å². The first-order chi connectivity index (χ1) is 10.1. The molecule has 5 heteroatoms. The molecule has 2 atom stereocenters. The molecular weight excluding hydrogens is 295 g/mol. The van der Waals surface area contributed by atoms with Gasteiger partial charge in [-0.05, 0) is 35.9 Å². The highest BCUT2D eigenvalue weighted by Gasteiger charge is 2.28. The van der Waals surface area contributed by atoms with Crippen molar-refractivity contribution in [2.24, 2.45) is 0 Å². The molecule has 0 spiro atoms. The van der Waals surface area contributed by atoms with E-state index in [0.717, 1.165) is 5.56 Å². The Hall–Kier alpha value is -1.78. The summed E-state index contributed by atoms with van der Waals surface area (Å²) in [5.41, 5.74) is 1.32. The summed E-state index contributed by atoms with van der Waals surface area (Å²) < 4.78 is 24.2. The summed E-state index contributed by atoms with van der Waals surface area (Å²) in [5.74, 6) is 0.689. The predicted octanol–water partition coefficient (Wildman–Crippen LogP) is 4.04. The number of rotatable bonds is 2. The van der Waals surface area contributed by atoms with Gasteiger partial charge < -0.3 is 14.6 Å². The van der Waals surface area contributed by atoms with Gasteiger partial charge in [0.05, 0.1) is 18.2 Å². The summed E-state index contributed by atoms with van der Waals surface area (Å²) in [4.78, 5) is 0. The van der Waals surface area contributed by atoms with Crippen molar-refractivity contribution in [1.29, 1.82) is 0 Å². The van der Waals surface area contributed by atoms with Gasteiger partial charge >= 0.3 is 0 Å². The van der Waals surface area contributed by atoms with E-state index in [2.05, 4.69) is 0 Å². The fourth-order valence-electron chi connectivity index (χ4n) is 2.51. The third-order valence-electron chi connectivity index (χ3n) is 3.59. The Balaban J connectivity index is 1.92. The number of ether oxygens (including phenoxy) is 2. The van der Waals surface area contributed by atoms with Gasteiger partial charge in [0, 0.05) is 12.0 Å². The van der Waals surface area contributed by atoms with Crippen LogP contribution in [0.3, 0.4) is 0 Å². The minimum atomic E-state index is -0.768. The molecule has 0 radical (unpaired) electrons. The molecule has 0 saturated heterocycles. The minimum Gasteiger partial charge on any atom is -0.495 e. The summed E-state index contributed by atoms with van der Waals surface area (Å²) in [5, 5.41) is 10.7. The number of benzene rings is 2. The summed E-state index contributed by atoms with van der Waals surface area (Å²) >= 11 is 6.11. The third-order valence-corrected chi connectivity index (χ3v) is 3.88. The zero-order valence-corrected chi connectivity index (χ0v) is 12.1. The van der Waals surface area contributed by atoms with E-state index < -0.39 is 6.10 Å². The zero-order chi connectivity index (χ0) is 15.0. The Morgan fingerprint density at radius 3 is 2.81 bits per heavy atom. The predicted molar refractivity (Wildman–Crippen MR) is 77.3 cm³/mol. The van der Waals surface area contributed by atoms with Crippen molar-refractivity contribution in [2.45, 2.75) is 18.6 Å². The van der Waals surface area contributed by atoms with E-state index in [0.29, 0.717) is 28.5 Å². The van der Waals surface area contributed by atoms with Crippen molar-refractivity contribution in [3.63, 3.8) is 0 Å². The molecule has 1 N–H and O–H groups in total. The molecule has 110 valence electrons. The number of halogens is 2. The first kappa shape index (κ1) is 14.2. The fraction of sp³-hybridized carbons (Fsp3) is 0.250. The van der Waals surface area contributed by atoms with Crippen LogP contribution in [0, 0.1) is 5.82 Å². The first-order valence-corrected chi connectivity index (χ1v) is 6.94. The van der Waals surface area contributed by atoms with Crippen molar-refractivity contribution in [2.75, 3.05) is 7.11 Å². The van der Waals surface area contributed by atoms with E-state index in [1.807, 2.05) is 6.07 Å². The van der Waals surface area contributed by atoms with Crippen LogP contribution in [0.15, 0.2) is 36.4 Å². The van der Waals surface area contributed by atoms with E-state index in [1.165, 1.54) is 18.2 Å². The van der Waals surface area contributed by atoms with Crippen molar-refractivity contribution < 1.29 is 19.0 Å². The smallest absolute Gasteiger partial charge is 0.137 e. The maximum atomic E-state index is 13.2. The lowest BCUT2D eigenvalue weighted by Crippen LogP contribution is -2.19. The van der Waals surface area contributed by atoms with Crippen LogP contribution in [-0.4, -0.2) is 12.2 Å². The summed E-state index contributed by atoms with van der Waals surface area (Å²) in [6.45, 7) is 0. The Bertz CT molecular complexity index is 675. The molecule has 2 aromatic rings. The number of aliphatic hydroxyl groups excluding tert-OH is 1. The molecule has 2 aromatic carbocycles. The maximum Gasteiger partial charge on any atom is 0.137 e. The monoisotopic (exact) mass is 308 g/mol. The molecule has 1 unspecified atom stereocenters. The number of hydrogen-bond acceptors (Lipinski definition) is 3. The van der Waals surface area contributed by atoms with Crippen LogP contribution < -0.4 is 9.47 Å². The second-order valence-electron chi connectivity index (χ2n) is 4.93. The van der Waals surface area contributed by atoms with Crippen LogP contribution in [0.5, 0.6) is 11.5 Å². The average Bonchev–Trinajstić information content (AvgIpc) is 2.47. The number of fused-ring (bicyclic) bond motifs is 1. The van der Waals surface area contributed by atoms with Crippen LogP contribution in [0.4, 0.5) is 4.39 Å². The quantitative estimate of drug-likeness (QED) is 0.910. The molecule has 0 fully saturated rings. The van der Waals surface area contributed by atoms with Crippen molar-refractivity contribution in [3.05, 3.63) is 58.4 Å². The Labute approximate surface area is 126 Å². The summed E-state index contributed by atoms with van der Waals surface area (Å²) in [7, 11) is 1.55. The van der Waals surface area contributed by atoms with E-state index in [1.54, 1.807) is 19.2 Å². The molecule has 3 nitrogen and oxygen atoms in total. The van der Waals surface area contributed by atoms with Crippen molar-refractivity contribution in [1.82, 2.24) is 0 Å². The third kappa shape index (κ3) is 2.69. The number of aliphatic hydroxyl groups is 1. The summed E-state index contributed by atoms with van der Waals surface area (Å²) in [6, 6.07) is 9.51. The first-order valence-electron chi connectivity index (χ1n) is 6.56. The second kappa shape index (κ2) is 5.54. The van der Waals surface area contributed by atoms with Gasteiger partial charge in [0.1, 0.15) is 23.4 Å². The molecule has 21 heavy (non-hydrogen) atoms. The molecule has 1 heterocycles. The molecule has 0 aromatic heterocycles. The molecule has 0 bridgehead atoms. The van der Waals surface area contributed by atoms with Gasteiger partial charge in [0.15, 0.2) is 0 Å². The highest BCUT2D eigenvalue weighted by Crippen LogP contribution is 2.42. The fourth-order valence-corrected chi connectivity index (χ4v) is 2.77. The normalized spacial score (nSPS) is 20.6. The van der Waals surface area contributed by atoms with E-state index in [9.17, 15) is 9.50 Å². The Morgan fingerprint density at radius 2 is 2.10 bits per heavy atom. The number of methoxy groups -OCH3 is 1. The van der Waals surface area contributed by atoms with Gasteiger partial charge in [-0.1, -0.05) is 17.7 Å². The van der Waals surface area contributed by atoms with Crippen LogP contribution >= 0.6 is 11.6 Å². The molecule has 0 aliphatic carbocycles. The largest absolute Gasteiger partial charge is 0.495 e. The molecule has 0 saturated carbocycles. The van der Waals surface area contributed by atoms with Crippen LogP contribution in [0.2, 0.25) is 5.02 Å². The Morgan fingerprint density at radius 1 is 1.29 bits per heavy atom. The van der Waals surface area contributed by atoms with E-state index in [-0.39, 0.29) is 11.9 Å². The topological polar surface area (TPSA) is 38.7 Å². The van der Waals surface area contributed by atoms with Gasteiger partial charge in [-0.25, -0.2) is 4.39 Å². The number of hydrogen-bond donors (Lipinski definition) is 1. The summed E-state index contributed by atoms with van der Waals surface area (Å²) in [6.07, 6.45) is -0.754. The SMILES string of the molecule is COc1ccc(C2C[C@@H](O)c3cc(F)ccc3O2)cc1Cl. The van der Waals surface area contributed by atoms with Crippen LogP contribution in [0.1, 0.15) is 29.8 Å². The van der Waals surface area contributed by atoms with Crippen LogP contribution in [-0.2, 0) is 0 Å².